The lowest BCUT2D eigenvalue weighted by atomic mass is 10.0. The van der Waals surface area contributed by atoms with Gasteiger partial charge in [-0.15, -0.1) is 0 Å². The summed E-state index contributed by atoms with van der Waals surface area (Å²) in [5.41, 5.74) is 2.07. The number of phenols is 1. The number of carbonyl (C=O) groups excluding carboxylic acids is 1. The molecule has 0 unspecified atom stereocenters. The topological polar surface area (TPSA) is 46.5 Å². The monoisotopic (exact) mass is 262 g/mol. The number of aromatic hydroxyl groups is 1. The second kappa shape index (κ2) is 5.10. The summed E-state index contributed by atoms with van der Waals surface area (Å²) in [6.07, 6.45) is 0. The number of halogens is 1. The van der Waals surface area contributed by atoms with Crippen molar-refractivity contribution in [1.82, 2.24) is 0 Å². The predicted octanol–water partition coefficient (Wildman–Crippen LogP) is 3.50. The minimum absolute atomic E-state index is 0.195. The number of ether oxygens (including phenoxy) is 1. The van der Waals surface area contributed by atoms with Crippen LogP contribution < -0.4 is 0 Å². The van der Waals surface area contributed by atoms with Crippen LogP contribution in [0.3, 0.4) is 0 Å². The molecule has 0 aliphatic rings. The molecule has 2 aromatic carbocycles. The van der Waals surface area contributed by atoms with Gasteiger partial charge in [0, 0.05) is 10.6 Å². The van der Waals surface area contributed by atoms with Crippen LogP contribution in [0.25, 0.3) is 11.1 Å². The Hall–Kier alpha value is -2.00. The van der Waals surface area contributed by atoms with Gasteiger partial charge in [0.1, 0.15) is 5.75 Å². The number of benzene rings is 2. The highest BCUT2D eigenvalue weighted by Gasteiger charge is 2.09. The molecule has 0 saturated carbocycles. The molecule has 0 spiro atoms. The lowest BCUT2D eigenvalue weighted by Gasteiger charge is -2.06. The van der Waals surface area contributed by atoms with Crippen molar-refractivity contribution in [3.05, 3.63) is 53.1 Å². The van der Waals surface area contributed by atoms with Crippen molar-refractivity contribution >= 4 is 17.6 Å². The largest absolute Gasteiger partial charge is 0.508 e. The van der Waals surface area contributed by atoms with Crippen molar-refractivity contribution in [3.8, 4) is 16.9 Å². The lowest BCUT2D eigenvalue weighted by molar-refractivity contribution is 0.0601. The number of rotatable bonds is 2. The molecule has 0 heterocycles. The molecule has 2 aromatic rings. The molecule has 18 heavy (non-hydrogen) atoms. The van der Waals surface area contributed by atoms with E-state index in [2.05, 4.69) is 4.74 Å². The zero-order valence-electron chi connectivity index (χ0n) is 9.68. The second-order valence-corrected chi connectivity index (χ2v) is 4.14. The third-order valence-electron chi connectivity index (χ3n) is 2.57. The maximum Gasteiger partial charge on any atom is 0.337 e. The first-order valence-electron chi connectivity index (χ1n) is 5.29. The minimum Gasteiger partial charge on any atom is -0.508 e. The summed E-state index contributed by atoms with van der Waals surface area (Å²) in [4.78, 5) is 11.3. The number of methoxy groups -OCH3 is 1. The van der Waals surface area contributed by atoms with E-state index in [9.17, 15) is 9.90 Å². The fourth-order valence-corrected chi connectivity index (χ4v) is 1.92. The van der Waals surface area contributed by atoms with E-state index in [4.69, 9.17) is 11.6 Å². The van der Waals surface area contributed by atoms with Gasteiger partial charge in [0.2, 0.25) is 0 Å². The molecule has 0 bridgehead atoms. The molecule has 0 radical (unpaired) electrons. The van der Waals surface area contributed by atoms with Crippen LogP contribution in [0, 0.1) is 0 Å². The van der Waals surface area contributed by atoms with Crippen LogP contribution in [0.4, 0.5) is 0 Å². The molecule has 4 heteroatoms. The SMILES string of the molecule is COC(=O)c1ccc(-c2ccc(O)cc2)c(Cl)c1. The summed E-state index contributed by atoms with van der Waals surface area (Å²) >= 11 is 6.13. The summed E-state index contributed by atoms with van der Waals surface area (Å²) in [5, 5.41) is 9.69. The van der Waals surface area contributed by atoms with E-state index in [1.807, 2.05) is 0 Å². The van der Waals surface area contributed by atoms with Gasteiger partial charge < -0.3 is 9.84 Å². The fourth-order valence-electron chi connectivity index (χ4n) is 1.64. The van der Waals surface area contributed by atoms with Crippen LogP contribution >= 0.6 is 11.6 Å². The number of carbonyl (C=O) groups is 1. The van der Waals surface area contributed by atoms with Crippen LogP contribution in [-0.2, 0) is 4.74 Å². The van der Waals surface area contributed by atoms with Gasteiger partial charge in [0.05, 0.1) is 12.7 Å². The van der Waals surface area contributed by atoms with Gasteiger partial charge in [-0.25, -0.2) is 4.79 Å². The van der Waals surface area contributed by atoms with Crippen LogP contribution in [0.2, 0.25) is 5.02 Å². The Kier molecular flexibility index (Phi) is 3.53. The van der Waals surface area contributed by atoms with Gasteiger partial charge in [-0.3, -0.25) is 0 Å². The maximum atomic E-state index is 11.3. The summed E-state index contributed by atoms with van der Waals surface area (Å²) < 4.78 is 4.62. The average Bonchev–Trinajstić information content (AvgIpc) is 2.39. The van der Waals surface area contributed by atoms with Crippen molar-refractivity contribution in [2.24, 2.45) is 0 Å². The average molecular weight is 263 g/mol. The van der Waals surface area contributed by atoms with E-state index in [0.29, 0.717) is 10.6 Å². The van der Waals surface area contributed by atoms with Crippen molar-refractivity contribution in [2.45, 2.75) is 0 Å². The Morgan fingerprint density at radius 2 is 1.83 bits per heavy atom. The molecule has 0 saturated heterocycles. The fraction of sp³-hybridized carbons (Fsp3) is 0.0714. The Bertz CT molecular complexity index is 576. The maximum absolute atomic E-state index is 11.3. The van der Waals surface area contributed by atoms with Gasteiger partial charge >= 0.3 is 5.97 Å². The van der Waals surface area contributed by atoms with E-state index < -0.39 is 5.97 Å². The Morgan fingerprint density at radius 1 is 1.17 bits per heavy atom. The number of esters is 1. The molecule has 2 rings (SSSR count). The number of hydrogen-bond donors (Lipinski definition) is 1. The summed E-state index contributed by atoms with van der Waals surface area (Å²) in [6, 6.07) is 11.7. The van der Waals surface area contributed by atoms with Gasteiger partial charge in [0.15, 0.2) is 0 Å². The van der Waals surface area contributed by atoms with Crippen molar-refractivity contribution < 1.29 is 14.6 Å². The van der Waals surface area contributed by atoms with Crippen LogP contribution in [0.15, 0.2) is 42.5 Å². The van der Waals surface area contributed by atoms with E-state index in [-0.39, 0.29) is 5.75 Å². The highest BCUT2D eigenvalue weighted by Crippen LogP contribution is 2.29. The van der Waals surface area contributed by atoms with Crippen LogP contribution in [0.1, 0.15) is 10.4 Å². The summed E-state index contributed by atoms with van der Waals surface area (Å²) in [6.45, 7) is 0. The van der Waals surface area contributed by atoms with Crippen molar-refractivity contribution in [1.29, 1.82) is 0 Å². The van der Waals surface area contributed by atoms with Crippen molar-refractivity contribution in [2.75, 3.05) is 7.11 Å². The van der Waals surface area contributed by atoms with E-state index in [0.717, 1.165) is 11.1 Å². The van der Waals surface area contributed by atoms with E-state index in [1.54, 1.807) is 42.5 Å². The summed E-state index contributed by atoms with van der Waals surface area (Å²) in [5.74, 6) is -0.227. The van der Waals surface area contributed by atoms with Crippen LogP contribution in [0.5, 0.6) is 5.75 Å². The van der Waals surface area contributed by atoms with Gasteiger partial charge in [0.25, 0.3) is 0 Å². The van der Waals surface area contributed by atoms with Crippen LogP contribution in [-0.4, -0.2) is 18.2 Å². The zero-order chi connectivity index (χ0) is 13.1. The second-order valence-electron chi connectivity index (χ2n) is 3.73. The molecule has 1 N–H and O–H groups in total. The molecule has 0 aromatic heterocycles. The first-order chi connectivity index (χ1) is 8.61. The van der Waals surface area contributed by atoms with Crippen molar-refractivity contribution in [3.63, 3.8) is 0 Å². The lowest BCUT2D eigenvalue weighted by Crippen LogP contribution is -2.00. The summed E-state index contributed by atoms with van der Waals surface area (Å²) in [7, 11) is 1.32. The third kappa shape index (κ3) is 2.46. The first-order valence-corrected chi connectivity index (χ1v) is 5.67. The molecule has 0 atom stereocenters. The molecule has 3 nitrogen and oxygen atoms in total. The smallest absolute Gasteiger partial charge is 0.337 e. The first kappa shape index (κ1) is 12.5. The van der Waals surface area contributed by atoms with E-state index >= 15 is 0 Å². The standard InChI is InChI=1S/C14H11ClO3/c1-18-14(17)10-4-7-12(13(15)8-10)9-2-5-11(16)6-3-9/h2-8,16H,1H3. The minimum atomic E-state index is -0.422. The highest BCUT2D eigenvalue weighted by molar-refractivity contribution is 6.33. The molecule has 0 amide bonds. The van der Waals surface area contributed by atoms with Gasteiger partial charge in [-0.2, -0.15) is 0 Å². The van der Waals surface area contributed by atoms with Gasteiger partial charge in [-0.1, -0.05) is 29.8 Å². The normalized spacial score (nSPS) is 10.1. The molecule has 0 fully saturated rings. The number of phenolic OH excluding ortho intramolecular Hbond substituents is 1. The molecule has 0 aliphatic heterocycles. The Balaban J connectivity index is 2.41. The molecular weight excluding hydrogens is 252 g/mol. The quantitative estimate of drug-likeness (QED) is 0.843. The molecular formula is C14H11ClO3. The number of hydrogen-bond acceptors (Lipinski definition) is 3. The van der Waals surface area contributed by atoms with E-state index in [1.165, 1.54) is 7.11 Å². The highest BCUT2D eigenvalue weighted by atomic mass is 35.5. The Morgan fingerprint density at radius 3 is 2.39 bits per heavy atom. The molecule has 0 aliphatic carbocycles. The van der Waals surface area contributed by atoms with Gasteiger partial charge in [-0.05, 0) is 29.8 Å². The molecule has 92 valence electrons. The predicted molar refractivity (Wildman–Crippen MR) is 69.9 cm³/mol. The third-order valence-corrected chi connectivity index (χ3v) is 2.88. The zero-order valence-corrected chi connectivity index (χ0v) is 10.4. The Labute approximate surface area is 110 Å².